The van der Waals surface area contributed by atoms with Crippen LogP contribution in [0.4, 0.5) is 0 Å². The zero-order valence-corrected chi connectivity index (χ0v) is 8.42. The lowest BCUT2D eigenvalue weighted by molar-refractivity contribution is -0.135. The fraction of sp³-hybridized carbons (Fsp3) is 0.182. The smallest absolute Gasteiger partial charge is 0.334 e. The highest BCUT2D eigenvalue weighted by Crippen LogP contribution is 2.23. The van der Waals surface area contributed by atoms with Crippen molar-refractivity contribution in [3.05, 3.63) is 41.3 Å². The molecule has 1 saturated heterocycles. The van der Waals surface area contributed by atoms with Gasteiger partial charge in [0.05, 0.1) is 6.61 Å². The molecule has 0 atom stereocenters. The largest absolute Gasteiger partial charge is 0.462 e. The van der Waals surface area contributed by atoms with Crippen LogP contribution < -0.4 is 0 Å². The molecule has 1 aromatic carbocycles. The lowest BCUT2D eigenvalue weighted by atomic mass is 10.3. The van der Waals surface area contributed by atoms with Gasteiger partial charge in [0, 0.05) is 16.9 Å². The number of hydrogen-bond acceptors (Lipinski definition) is 3. The monoisotopic (exact) mass is 206 g/mol. The van der Waals surface area contributed by atoms with E-state index in [1.165, 1.54) is 0 Å². The van der Waals surface area contributed by atoms with Gasteiger partial charge in [-0.3, -0.25) is 0 Å². The molecule has 0 unspecified atom stereocenters. The Labute approximate surface area is 87.0 Å². The van der Waals surface area contributed by atoms with Crippen molar-refractivity contribution in [1.29, 1.82) is 0 Å². The Morgan fingerprint density at radius 2 is 2.07 bits per heavy atom. The maximum absolute atomic E-state index is 11.1. The van der Waals surface area contributed by atoms with Gasteiger partial charge in [-0.15, -0.1) is 0 Å². The first kappa shape index (κ1) is 9.34. The third kappa shape index (κ3) is 2.17. The van der Waals surface area contributed by atoms with E-state index in [4.69, 9.17) is 4.74 Å². The first-order chi connectivity index (χ1) is 6.86. The van der Waals surface area contributed by atoms with Crippen molar-refractivity contribution < 1.29 is 9.53 Å². The number of benzene rings is 1. The summed E-state index contributed by atoms with van der Waals surface area (Å²) < 4.78 is 4.83. The van der Waals surface area contributed by atoms with Gasteiger partial charge in [0.15, 0.2) is 0 Å². The fourth-order valence-electron chi connectivity index (χ4n) is 1.19. The SMILES string of the molecule is O=C1OCC/C1=C\Sc1ccccc1. The van der Waals surface area contributed by atoms with Crippen LogP contribution in [0, 0.1) is 0 Å². The number of hydrogen-bond donors (Lipinski definition) is 0. The number of rotatable bonds is 2. The molecule has 0 spiro atoms. The van der Waals surface area contributed by atoms with Crippen LogP contribution in [0.2, 0.25) is 0 Å². The molecular formula is C11H10O2S. The Morgan fingerprint density at radius 1 is 1.29 bits per heavy atom. The summed E-state index contributed by atoms with van der Waals surface area (Å²) in [5, 5.41) is 1.88. The molecule has 0 aromatic heterocycles. The fourth-order valence-corrected chi connectivity index (χ4v) is 2.00. The Balaban J connectivity index is 2.03. The van der Waals surface area contributed by atoms with Crippen molar-refractivity contribution in [2.45, 2.75) is 11.3 Å². The van der Waals surface area contributed by atoms with Crippen LogP contribution in [0.5, 0.6) is 0 Å². The first-order valence-electron chi connectivity index (χ1n) is 4.44. The van der Waals surface area contributed by atoms with Gasteiger partial charge in [0.2, 0.25) is 0 Å². The minimum absolute atomic E-state index is 0.173. The molecule has 1 aliphatic rings. The molecule has 0 aliphatic carbocycles. The standard InChI is InChI=1S/C11H10O2S/c12-11-9(6-7-13-11)8-14-10-4-2-1-3-5-10/h1-5,8H,6-7H2/b9-8+. The van der Waals surface area contributed by atoms with Gasteiger partial charge in [-0.1, -0.05) is 30.0 Å². The van der Waals surface area contributed by atoms with Gasteiger partial charge >= 0.3 is 5.97 Å². The Kier molecular flexibility index (Phi) is 2.89. The van der Waals surface area contributed by atoms with Crippen LogP contribution in [0.25, 0.3) is 0 Å². The van der Waals surface area contributed by atoms with Gasteiger partial charge in [-0.2, -0.15) is 0 Å². The van der Waals surface area contributed by atoms with Crippen molar-refractivity contribution in [2.24, 2.45) is 0 Å². The third-order valence-corrected chi connectivity index (χ3v) is 2.89. The summed E-state index contributed by atoms with van der Waals surface area (Å²) in [7, 11) is 0. The first-order valence-corrected chi connectivity index (χ1v) is 5.32. The summed E-state index contributed by atoms with van der Waals surface area (Å²) >= 11 is 1.56. The molecule has 14 heavy (non-hydrogen) atoms. The second-order valence-corrected chi connectivity index (χ2v) is 3.90. The highest BCUT2D eigenvalue weighted by Gasteiger charge is 2.17. The maximum atomic E-state index is 11.1. The van der Waals surface area contributed by atoms with E-state index in [-0.39, 0.29) is 5.97 Å². The average molecular weight is 206 g/mol. The van der Waals surface area contributed by atoms with Crippen LogP contribution >= 0.6 is 11.8 Å². The third-order valence-electron chi connectivity index (χ3n) is 1.95. The molecular weight excluding hydrogens is 196 g/mol. The van der Waals surface area contributed by atoms with Crippen LogP contribution in [-0.2, 0) is 9.53 Å². The molecule has 3 heteroatoms. The number of ether oxygens (including phenoxy) is 1. The average Bonchev–Trinajstić information content (AvgIpc) is 2.63. The van der Waals surface area contributed by atoms with E-state index in [9.17, 15) is 4.79 Å². The number of carbonyl (C=O) groups is 1. The predicted molar refractivity (Wildman–Crippen MR) is 56.0 cm³/mol. The minimum Gasteiger partial charge on any atom is -0.462 e. The summed E-state index contributed by atoms with van der Waals surface area (Å²) in [6.07, 6.45) is 0.735. The Morgan fingerprint density at radius 3 is 2.71 bits per heavy atom. The van der Waals surface area contributed by atoms with E-state index in [1.54, 1.807) is 11.8 Å². The van der Waals surface area contributed by atoms with E-state index >= 15 is 0 Å². The molecule has 2 rings (SSSR count). The molecule has 2 nitrogen and oxygen atoms in total. The normalized spacial score (nSPS) is 18.6. The van der Waals surface area contributed by atoms with Gasteiger partial charge in [-0.05, 0) is 17.5 Å². The molecule has 0 saturated carbocycles. The van der Waals surface area contributed by atoms with Crippen LogP contribution in [0.3, 0.4) is 0 Å². The topological polar surface area (TPSA) is 26.3 Å². The number of thioether (sulfide) groups is 1. The molecule has 0 bridgehead atoms. The molecule has 0 amide bonds. The van der Waals surface area contributed by atoms with Crippen molar-refractivity contribution >= 4 is 17.7 Å². The van der Waals surface area contributed by atoms with Crippen LogP contribution in [0.15, 0.2) is 46.2 Å². The summed E-state index contributed by atoms with van der Waals surface area (Å²) in [5.74, 6) is -0.173. The Hall–Kier alpha value is -1.22. The lowest BCUT2D eigenvalue weighted by Gasteiger charge is -1.95. The highest BCUT2D eigenvalue weighted by atomic mass is 32.2. The van der Waals surface area contributed by atoms with Gasteiger partial charge in [0.1, 0.15) is 0 Å². The summed E-state index contributed by atoms with van der Waals surface area (Å²) in [5.41, 5.74) is 0.777. The number of cyclic esters (lactones) is 1. The molecule has 1 aromatic rings. The summed E-state index contributed by atoms with van der Waals surface area (Å²) in [6, 6.07) is 9.96. The van der Waals surface area contributed by atoms with Gasteiger partial charge in [-0.25, -0.2) is 4.79 Å². The van der Waals surface area contributed by atoms with Crippen molar-refractivity contribution in [3.8, 4) is 0 Å². The minimum atomic E-state index is -0.173. The highest BCUT2D eigenvalue weighted by molar-refractivity contribution is 8.02. The number of carbonyl (C=O) groups excluding carboxylic acids is 1. The molecule has 0 radical (unpaired) electrons. The second-order valence-electron chi connectivity index (χ2n) is 2.96. The van der Waals surface area contributed by atoms with E-state index < -0.39 is 0 Å². The van der Waals surface area contributed by atoms with Crippen molar-refractivity contribution in [1.82, 2.24) is 0 Å². The zero-order valence-electron chi connectivity index (χ0n) is 7.60. The second kappa shape index (κ2) is 4.33. The summed E-state index contributed by atoms with van der Waals surface area (Å²) in [6.45, 7) is 0.528. The summed E-state index contributed by atoms with van der Waals surface area (Å²) in [4.78, 5) is 12.2. The molecule has 1 fully saturated rings. The molecule has 72 valence electrons. The van der Waals surface area contributed by atoms with E-state index in [2.05, 4.69) is 0 Å². The Bertz CT molecular complexity index is 357. The molecule has 0 N–H and O–H groups in total. The van der Waals surface area contributed by atoms with Crippen molar-refractivity contribution in [3.63, 3.8) is 0 Å². The quantitative estimate of drug-likeness (QED) is 0.422. The lowest BCUT2D eigenvalue weighted by Crippen LogP contribution is -1.93. The van der Waals surface area contributed by atoms with Gasteiger partial charge in [0.25, 0.3) is 0 Å². The molecule has 1 aliphatic heterocycles. The number of esters is 1. The van der Waals surface area contributed by atoms with Crippen molar-refractivity contribution in [2.75, 3.05) is 6.61 Å². The predicted octanol–water partition coefficient (Wildman–Crippen LogP) is 2.61. The van der Waals surface area contributed by atoms with E-state index in [1.807, 2.05) is 35.7 Å². The van der Waals surface area contributed by atoms with Crippen LogP contribution in [0.1, 0.15) is 6.42 Å². The van der Waals surface area contributed by atoms with E-state index in [0.29, 0.717) is 6.61 Å². The zero-order chi connectivity index (χ0) is 9.80. The van der Waals surface area contributed by atoms with Gasteiger partial charge < -0.3 is 4.74 Å². The van der Waals surface area contributed by atoms with E-state index in [0.717, 1.165) is 16.9 Å². The van der Waals surface area contributed by atoms with Crippen LogP contribution in [-0.4, -0.2) is 12.6 Å². The molecule has 1 heterocycles. The maximum Gasteiger partial charge on any atom is 0.334 e.